The van der Waals surface area contributed by atoms with Crippen LogP contribution in [-0.2, 0) is 0 Å². The number of rotatable bonds is 6. The molecule has 3 aromatic rings. The standard InChI is InChI=1S/C26H36N8O2/c1-26(2,36)18-9-13-33(14-10-18)20-5-3-19(4-6-20)29-23-22-21(16-28-32-24(22)35)30-25(31-23)34-11-7-17(15-27)8-12-34/h3-6,16-18,36H,7-15,27H2,1-2H3,(H,32,35)(H,29,30,31). The highest BCUT2D eigenvalue weighted by Crippen LogP contribution is 2.31. The molecular formula is C26H36N8O2. The Kier molecular flexibility index (Phi) is 6.81. The summed E-state index contributed by atoms with van der Waals surface area (Å²) in [6.45, 7) is 8.02. The van der Waals surface area contributed by atoms with E-state index in [1.54, 1.807) is 6.20 Å². The Hall–Kier alpha value is -3.24. The van der Waals surface area contributed by atoms with Gasteiger partial charge in [-0.05, 0) is 82.2 Å². The van der Waals surface area contributed by atoms with Crippen molar-refractivity contribution in [3.05, 3.63) is 40.8 Å². The zero-order valence-corrected chi connectivity index (χ0v) is 21.1. The van der Waals surface area contributed by atoms with Crippen molar-refractivity contribution >= 4 is 34.0 Å². The fourth-order valence-electron chi connectivity index (χ4n) is 5.33. The van der Waals surface area contributed by atoms with E-state index in [1.165, 1.54) is 0 Å². The molecule has 0 bridgehead atoms. The van der Waals surface area contributed by atoms with Crippen LogP contribution in [0.2, 0.25) is 0 Å². The number of aromatic nitrogens is 4. The summed E-state index contributed by atoms with van der Waals surface area (Å²) in [5.41, 5.74) is 7.39. The minimum Gasteiger partial charge on any atom is -0.390 e. The van der Waals surface area contributed by atoms with E-state index in [0.717, 1.165) is 63.2 Å². The number of hydrogen-bond acceptors (Lipinski definition) is 9. The van der Waals surface area contributed by atoms with Gasteiger partial charge in [0.05, 0.1) is 11.8 Å². The van der Waals surface area contributed by atoms with Crippen molar-refractivity contribution in [2.24, 2.45) is 17.6 Å². The van der Waals surface area contributed by atoms with Crippen LogP contribution >= 0.6 is 0 Å². The second-order valence-corrected chi connectivity index (χ2v) is 10.6. The first-order valence-corrected chi connectivity index (χ1v) is 12.9. The first-order chi connectivity index (χ1) is 17.3. The lowest BCUT2D eigenvalue weighted by Crippen LogP contribution is -2.41. The molecule has 4 heterocycles. The quantitative estimate of drug-likeness (QED) is 0.409. The largest absolute Gasteiger partial charge is 0.390 e. The maximum Gasteiger partial charge on any atom is 0.277 e. The van der Waals surface area contributed by atoms with E-state index in [9.17, 15) is 9.90 Å². The van der Waals surface area contributed by atoms with Crippen molar-refractivity contribution in [2.45, 2.75) is 45.1 Å². The van der Waals surface area contributed by atoms with Crippen LogP contribution in [0.15, 0.2) is 35.3 Å². The van der Waals surface area contributed by atoms with Crippen LogP contribution in [0.4, 0.5) is 23.1 Å². The molecule has 0 aliphatic carbocycles. The maximum absolute atomic E-state index is 12.6. The minimum absolute atomic E-state index is 0.323. The van der Waals surface area contributed by atoms with Gasteiger partial charge in [0, 0.05) is 37.6 Å². The smallest absolute Gasteiger partial charge is 0.277 e. The van der Waals surface area contributed by atoms with Crippen molar-refractivity contribution < 1.29 is 5.11 Å². The normalized spacial score (nSPS) is 18.1. The maximum atomic E-state index is 12.6. The van der Waals surface area contributed by atoms with Crippen LogP contribution in [0.1, 0.15) is 39.5 Å². The highest BCUT2D eigenvalue weighted by atomic mass is 16.3. The first kappa shape index (κ1) is 24.5. The molecule has 36 heavy (non-hydrogen) atoms. The van der Waals surface area contributed by atoms with E-state index < -0.39 is 5.60 Å². The zero-order chi connectivity index (χ0) is 25.3. The number of aliphatic hydroxyl groups is 1. The van der Waals surface area contributed by atoms with Crippen LogP contribution in [0.25, 0.3) is 10.9 Å². The topological polar surface area (TPSA) is 136 Å². The summed E-state index contributed by atoms with van der Waals surface area (Å²) in [6.07, 6.45) is 5.52. The van der Waals surface area contributed by atoms with Crippen LogP contribution in [-0.4, -0.2) is 63.6 Å². The summed E-state index contributed by atoms with van der Waals surface area (Å²) in [5.74, 6) is 1.92. The number of hydrogen-bond donors (Lipinski definition) is 4. The molecule has 0 atom stereocenters. The molecule has 2 saturated heterocycles. The Balaban J connectivity index is 1.36. The average Bonchev–Trinajstić information content (AvgIpc) is 2.89. The van der Waals surface area contributed by atoms with E-state index in [4.69, 9.17) is 10.7 Å². The number of benzene rings is 1. The van der Waals surface area contributed by atoms with Gasteiger partial charge in [0.25, 0.3) is 5.56 Å². The summed E-state index contributed by atoms with van der Waals surface area (Å²) in [6, 6.07) is 8.18. The lowest BCUT2D eigenvalue weighted by atomic mass is 9.83. The van der Waals surface area contributed by atoms with Gasteiger partial charge in [-0.3, -0.25) is 4.79 Å². The molecular weight excluding hydrogens is 456 g/mol. The van der Waals surface area contributed by atoms with Gasteiger partial charge in [0.15, 0.2) is 0 Å². The van der Waals surface area contributed by atoms with Crippen LogP contribution < -0.4 is 26.4 Å². The fourth-order valence-corrected chi connectivity index (χ4v) is 5.33. The molecule has 0 spiro atoms. The molecule has 0 radical (unpaired) electrons. The summed E-state index contributed by atoms with van der Waals surface area (Å²) in [4.78, 5) is 26.5. The summed E-state index contributed by atoms with van der Waals surface area (Å²) in [7, 11) is 0. The Bertz CT molecular complexity index is 1240. The molecule has 2 aliphatic rings. The highest BCUT2D eigenvalue weighted by Gasteiger charge is 2.30. The third-order valence-electron chi connectivity index (χ3n) is 7.73. The lowest BCUT2D eigenvalue weighted by Gasteiger charge is -2.38. The minimum atomic E-state index is -0.632. The first-order valence-electron chi connectivity index (χ1n) is 12.9. The number of fused-ring (bicyclic) bond motifs is 1. The van der Waals surface area contributed by atoms with Gasteiger partial charge < -0.3 is 26.0 Å². The number of H-pyrrole nitrogens is 1. The molecule has 0 unspecified atom stereocenters. The molecule has 2 aliphatic heterocycles. The summed E-state index contributed by atoms with van der Waals surface area (Å²) >= 11 is 0. The van der Waals surface area contributed by atoms with Gasteiger partial charge in [-0.15, -0.1) is 0 Å². The molecule has 192 valence electrons. The van der Waals surface area contributed by atoms with Crippen LogP contribution in [0.5, 0.6) is 0 Å². The van der Waals surface area contributed by atoms with E-state index in [-0.39, 0.29) is 5.56 Å². The van der Waals surface area contributed by atoms with Gasteiger partial charge in [-0.2, -0.15) is 10.1 Å². The predicted octanol–water partition coefficient (Wildman–Crippen LogP) is 2.62. The molecule has 0 saturated carbocycles. The molecule has 5 rings (SSSR count). The molecule has 2 fully saturated rings. The Morgan fingerprint density at radius 3 is 2.36 bits per heavy atom. The molecule has 5 N–H and O–H groups in total. The summed E-state index contributed by atoms with van der Waals surface area (Å²) < 4.78 is 0. The lowest BCUT2D eigenvalue weighted by molar-refractivity contribution is 0.00651. The van der Waals surface area contributed by atoms with Crippen molar-refractivity contribution in [1.29, 1.82) is 0 Å². The Morgan fingerprint density at radius 1 is 1.06 bits per heavy atom. The number of piperidine rings is 2. The van der Waals surface area contributed by atoms with Crippen LogP contribution in [0, 0.1) is 11.8 Å². The average molecular weight is 493 g/mol. The van der Waals surface area contributed by atoms with Gasteiger partial charge in [0.2, 0.25) is 5.95 Å². The molecule has 2 aromatic heterocycles. The van der Waals surface area contributed by atoms with E-state index in [1.807, 2.05) is 26.0 Å². The molecule has 10 heteroatoms. The predicted molar refractivity (Wildman–Crippen MR) is 143 cm³/mol. The second-order valence-electron chi connectivity index (χ2n) is 10.6. The number of nitrogens with one attached hydrogen (secondary N) is 2. The molecule has 0 amide bonds. The van der Waals surface area contributed by atoms with Gasteiger partial charge in [-0.1, -0.05) is 0 Å². The van der Waals surface area contributed by atoms with E-state index in [0.29, 0.717) is 41.0 Å². The SMILES string of the molecule is CC(C)(O)C1CCN(c2ccc(Nc3nc(N4CCC(CN)CC4)nc4cn[nH]c(=O)c34)cc2)CC1. The van der Waals surface area contributed by atoms with Crippen molar-refractivity contribution in [2.75, 3.05) is 47.8 Å². The number of nitrogens with two attached hydrogens (primary N) is 1. The molecule has 1 aromatic carbocycles. The Morgan fingerprint density at radius 2 is 1.72 bits per heavy atom. The molecule has 10 nitrogen and oxygen atoms in total. The van der Waals surface area contributed by atoms with E-state index in [2.05, 4.69) is 42.4 Å². The fraction of sp³-hybridized carbons (Fsp3) is 0.538. The van der Waals surface area contributed by atoms with Gasteiger partial charge in [0.1, 0.15) is 16.7 Å². The second kappa shape index (κ2) is 10.0. The summed E-state index contributed by atoms with van der Waals surface area (Å²) in [5, 5.41) is 20.5. The Labute approximate surface area is 210 Å². The van der Waals surface area contributed by atoms with Crippen LogP contribution in [0.3, 0.4) is 0 Å². The van der Waals surface area contributed by atoms with Crippen molar-refractivity contribution in [1.82, 2.24) is 20.2 Å². The monoisotopic (exact) mass is 492 g/mol. The zero-order valence-electron chi connectivity index (χ0n) is 21.1. The highest BCUT2D eigenvalue weighted by molar-refractivity contribution is 5.90. The van der Waals surface area contributed by atoms with Gasteiger partial charge in [-0.25, -0.2) is 10.1 Å². The number of anilines is 4. The number of nitrogens with zero attached hydrogens (tertiary/aromatic N) is 5. The van der Waals surface area contributed by atoms with Crippen molar-refractivity contribution in [3.63, 3.8) is 0 Å². The third-order valence-corrected chi connectivity index (χ3v) is 7.73. The van der Waals surface area contributed by atoms with E-state index >= 15 is 0 Å². The third kappa shape index (κ3) is 5.15. The van der Waals surface area contributed by atoms with Gasteiger partial charge >= 0.3 is 0 Å². The number of aromatic amines is 1. The van der Waals surface area contributed by atoms with Crippen molar-refractivity contribution in [3.8, 4) is 0 Å².